The number of carbonyl (C=O) groups excluding carboxylic acids is 1. The molecule has 1 amide bonds. The Balaban J connectivity index is 1.38. The van der Waals surface area contributed by atoms with E-state index >= 15 is 0 Å². The lowest BCUT2D eigenvalue weighted by atomic mass is 10.1. The van der Waals surface area contributed by atoms with Gasteiger partial charge < -0.3 is 14.2 Å². The van der Waals surface area contributed by atoms with Crippen molar-refractivity contribution in [3.05, 3.63) is 105 Å². The van der Waals surface area contributed by atoms with Crippen molar-refractivity contribution in [3.8, 4) is 11.5 Å². The highest BCUT2D eigenvalue weighted by atomic mass is 127. The normalized spacial score (nSPS) is 15.4. The SMILES string of the molecule is CCOCCN1C(=O)/C(=C/c2cc(I)c(OCc3ccc4ccccc4c3)c(OC)c2)SC1=Nc1ccccc1. The number of nitrogens with zero attached hydrogens (tertiary/aromatic N) is 2. The summed E-state index contributed by atoms with van der Waals surface area (Å²) in [5.74, 6) is 1.19. The van der Waals surface area contributed by atoms with E-state index in [9.17, 15) is 4.79 Å². The van der Waals surface area contributed by atoms with E-state index < -0.39 is 0 Å². The molecular weight excluding hydrogens is 635 g/mol. The summed E-state index contributed by atoms with van der Waals surface area (Å²) in [6, 6.07) is 28.1. The van der Waals surface area contributed by atoms with Crippen LogP contribution in [0.3, 0.4) is 0 Å². The fraction of sp³-hybridized carbons (Fsp3) is 0.188. The number of hydrogen-bond acceptors (Lipinski definition) is 6. The van der Waals surface area contributed by atoms with Gasteiger partial charge in [0.05, 0.1) is 34.4 Å². The first-order valence-corrected chi connectivity index (χ1v) is 14.9. The summed E-state index contributed by atoms with van der Waals surface area (Å²) in [6.07, 6.45) is 1.88. The van der Waals surface area contributed by atoms with Crippen LogP contribution in [0.4, 0.5) is 5.69 Å². The van der Waals surface area contributed by atoms with Crippen molar-refractivity contribution in [1.29, 1.82) is 0 Å². The molecular formula is C32H29IN2O4S. The Morgan fingerprint density at radius 1 is 0.975 bits per heavy atom. The molecule has 0 aromatic heterocycles. The number of halogens is 1. The third-order valence-corrected chi connectivity index (χ3v) is 8.09. The van der Waals surface area contributed by atoms with Crippen molar-refractivity contribution >= 4 is 68.0 Å². The van der Waals surface area contributed by atoms with Gasteiger partial charge in [-0.15, -0.1) is 0 Å². The standard InChI is InChI=1S/C32H29IN2O4S/c1-3-38-16-15-35-31(36)29(40-32(35)34-26-11-5-4-6-12-26)20-23-18-27(33)30(28(19-23)37-2)39-21-22-13-14-24-9-7-8-10-25(24)17-22/h4-14,17-20H,3,15-16,21H2,1-2H3/b29-20-,34-32?. The molecule has 6 nitrogen and oxygen atoms in total. The number of fused-ring (bicyclic) bond motifs is 1. The average Bonchev–Trinajstić information content (AvgIpc) is 3.25. The molecule has 40 heavy (non-hydrogen) atoms. The van der Waals surface area contributed by atoms with Crippen LogP contribution in [0.5, 0.6) is 11.5 Å². The van der Waals surface area contributed by atoms with Crippen molar-refractivity contribution in [1.82, 2.24) is 4.90 Å². The molecule has 0 N–H and O–H groups in total. The van der Waals surface area contributed by atoms with Crippen molar-refractivity contribution in [2.24, 2.45) is 4.99 Å². The van der Waals surface area contributed by atoms with Gasteiger partial charge in [0.2, 0.25) is 0 Å². The highest BCUT2D eigenvalue weighted by molar-refractivity contribution is 14.1. The van der Waals surface area contributed by atoms with E-state index in [2.05, 4.69) is 52.9 Å². The third-order valence-electron chi connectivity index (χ3n) is 6.28. The zero-order chi connectivity index (χ0) is 27.9. The molecule has 0 radical (unpaired) electrons. The molecule has 204 valence electrons. The number of benzene rings is 4. The number of methoxy groups -OCH3 is 1. The van der Waals surface area contributed by atoms with E-state index in [1.54, 1.807) is 12.0 Å². The van der Waals surface area contributed by atoms with Crippen LogP contribution in [0.25, 0.3) is 16.8 Å². The molecule has 4 aromatic carbocycles. The van der Waals surface area contributed by atoms with Crippen molar-refractivity contribution in [2.75, 3.05) is 26.9 Å². The summed E-state index contributed by atoms with van der Waals surface area (Å²) < 4.78 is 18.3. The predicted octanol–water partition coefficient (Wildman–Crippen LogP) is 7.67. The molecule has 1 aliphatic rings. The fourth-order valence-corrected chi connectivity index (χ4v) is 6.11. The Bertz CT molecular complexity index is 1570. The molecule has 0 aliphatic carbocycles. The minimum Gasteiger partial charge on any atom is -0.493 e. The second-order valence-corrected chi connectivity index (χ2v) is 11.2. The van der Waals surface area contributed by atoms with Gasteiger partial charge in [0, 0.05) is 6.61 Å². The number of ether oxygens (including phenoxy) is 3. The fourth-order valence-electron chi connectivity index (χ4n) is 4.30. The van der Waals surface area contributed by atoms with Crippen LogP contribution in [0.15, 0.2) is 94.8 Å². The molecule has 4 aromatic rings. The molecule has 0 unspecified atom stereocenters. The van der Waals surface area contributed by atoms with Gasteiger partial charge in [-0.2, -0.15) is 0 Å². The predicted molar refractivity (Wildman–Crippen MR) is 171 cm³/mol. The summed E-state index contributed by atoms with van der Waals surface area (Å²) in [4.78, 5) is 20.4. The maximum atomic E-state index is 13.4. The van der Waals surface area contributed by atoms with Gasteiger partial charge in [-0.25, -0.2) is 4.99 Å². The number of amides is 1. The number of para-hydroxylation sites is 1. The molecule has 0 atom stereocenters. The first-order chi connectivity index (χ1) is 19.6. The number of rotatable bonds is 10. The largest absolute Gasteiger partial charge is 0.493 e. The minimum absolute atomic E-state index is 0.0926. The zero-order valence-electron chi connectivity index (χ0n) is 22.3. The van der Waals surface area contributed by atoms with Crippen molar-refractivity contribution in [3.63, 3.8) is 0 Å². The number of amidine groups is 1. The number of thioether (sulfide) groups is 1. The van der Waals surface area contributed by atoms with E-state index in [4.69, 9.17) is 19.2 Å². The molecule has 8 heteroatoms. The van der Waals surface area contributed by atoms with E-state index in [1.165, 1.54) is 22.5 Å². The Morgan fingerprint density at radius 2 is 1.75 bits per heavy atom. The van der Waals surface area contributed by atoms with Gasteiger partial charge in [0.15, 0.2) is 16.7 Å². The maximum Gasteiger partial charge on any atom is 0.266 e. The molecule has 1 heterocycles. The van der Waals surface area contributed by atoms with Crippen LogP contribution in [-0.2, 0) is 16.1 Å². The van der Waals surface area contributed by atoms with Crippen LogP contribution in [0, 0.1) is 3.57 Å². The lowest BCUT2D eigenvalue weighted by Crippen LogP contribution is -2.32. The molecule has 0 saturated carbocycles. The van der Waals surface area contributed by atoms with Gasteiger partial charge in [-0.3, -0.25) is 9.69 Å². The first-order valence-electron chi connectivity index (χ1n) is 13.0. The lowest BCUT2D eigenvalue weighted by molar-refractivity contribution is -0.122. The number of hydrogen-bond donors (Lipinski definition) is 0. The highest BCUT2D eigenvalue weighted by Crippen LogP contribution is 2.38. The summed E-state index contributed by atoms with van der Waals surface area (Å²) in [5, 5.41) is 3.01. The molecule has 0 spiro atoms. The number of aliphatic imine (C=N–C) groups is 1. The smallest absolute Gasteiger partial charge is 0.266 e. The number of carbonyl (C=O) groups is 1. The lowest BCUT2D eigenvalue weighted by Gasteiger charge is -2.15. The van der Waals surface area contributed by atoms with Crippen molar-refractivity contribution in [2.45, 2.75) is 13.5 Å². The molecule has 5 rings (SSSR count). The molecule has 1 aliphatic heterocycles. The van der Waals surface area contributed by atoms with Gasteiger partial charge in [0.25, 0.3) is 5.91 Å². The van der Waals surface area contributed by atoms with Gasteiger partial charge in [-0.05, 0) is 99.6 Å². The molecule has 1 saturated heterocycles. The van der Waals surface area contributed by atoms with E-state index in [1.807, 2.05) is 67.6 Å². The summed E-state index contributed by atoms with van der Waals surface area (Å²) in [5.41, 5.74) is 2.72. The second-order valence-electron chi connectivity index (χ2n) is 9.00. The maximum absolute atomic E-state index is 13.4. The van der Waals surface area contributed by atoms with Crippen LogP contribution >= 0.6 is 34.4 Å². The topological polar surface area (TPSA) is 60.4 Å². The Hall–Kier alpha value is -3.34. The Kier molecular flexibility index (Phi) is 9.41. The van der Waals surface area contributed by atoms with Crippen LogP contribution in [-0.4, -0.2) is 42.8 Å². The van der Waals surface area contributed by atoms with E-state index in [0.29, 0.717) is 47.9 Å². The highest BCUT2D eigenvalue weighted by Gasteiger charge is 2.33. The molecule has 1 fully saturated rings. The second kappa shape index (κ2) is 13.3. The summed E-state index contributed by atoms with van der Waals surface area (Å²) in [7, 11) is 1.63. The quantitative estimate of drug-likeness (QED) is 0.0990. The third kappa shape index (κ3) is 6.68. The summed E-state index contributed by atoms with van der Waals surface area (Å²) in [6.45, 7) is 3.83. The van der Waals surface area contributed by atoms with E-state index in [0.717, 1.165) is 20.4 Å². The van der Waals surface area contributed by atoms with Crippen LogP contribution in [0.1, 0.15) is 18.1 Å². The first kappa shape index (κ1) is 28.2. The van der Waals surface area contributed by atoms with Gasteiger partial charge in [0.1, 0.15) is 6.61 Å². The van der Waals surface area contributed by atoms with Crippen LogP contribution in [0.2, 0.25) is 0 Å². The Labute approximate surface area is 252 Å². The van der Waals surface area contributed by atoms with Crippen LogP contribution < -0.4 is 9.47 Å². The minimum atomic E-state index is -0.0926. The zero-order valence-corrected chi connectivity index (χ0v) is 25.3. The van der Waals surface area contributed by atoms with Crippen molar-refractivity contribution < 1.29 is 19.0 Å². The summed E-state index contributed by atoms with van der Waals surface area (Å²) >= 11 is 3.62. The average molecular weight is 665 g/mol. The van der Waals surface area contributed by atoms with Gasteiger partial charge in [-0.1, -0.05) is 54.6 Å². The monoisotopic (exact) mass is 664 g/mol. The van der Waals surface area contributed by atoms with Gasteiger partial charge >= 0.3 is 0 Å². The molecule has 0 bridgehead atoms. The van der Waals surface area contributed by atoms with E-state index in [-0.39, 0.29) is 5.91 Å². The Morgan fingerprint density at radius 3 is 2.52 bits per heavy atom.